The predicted molar refractivity (Wildman–Crippen MR) is 103 cm³/mol. The molecule has 3 rings (SSSR count). The number of phenols is 2. The number of aliphatic hydroxyl groups is 4. The first-order valence-corrected chi connectivity index (χ1v) is 9.52. The number of halogens is 1. The van der Waals surface area contributed by atoms with Crippen LogP contribution in [0.4, 0.5) is 4.39 Å². The van der Waals surface area contributed by atoms with Crippen LogP contribution < -0.4 is 4.74 Å². The molecule has 2 aromatic carbocycles. The number of carbonyl (C=O) groups excluding carboxylic acids is 1. The lowest BCUT2D eigenvalue weighted by atomic mass is 9.99. The average molecular weight is 437 g/mol. The third kappa shape index (κ3) is 5.12. The van der Waals surface area contributed by atoms with Crippen LogP contribution in [0.5, 0.6) is 17.2 Å². The minimum atomic E-state index is -1.75. The topological polar surface area (TPSA) is 157 Å². The number of hydrogen-bond donors (Lipinski definition) is 6. The molecule has 1 fully saturated rings. The summed E-state index contributed by atoms with van der Waals surface area (Å²) in [6, 6.07) is 7.50. The number of ketones is 1. The second-order valence-electron chi connectivity index (χ2n) is 7.20. The summed E-state index contributed by atoms with van der Waals surface area (Å²) in [5.74, 6) is -2.33. The van der Waals surface area contributed by atoms with Gasteiger partial charge in [-0.05, 0) is 24.1 Å². The Balaban J connectivity index is 1.82. The van der Waals surface area contributed by atoms with Gasteiger partial charge in [0.1, 0.15) is 53.0 Å². The molecule has 168 valence electrons. The van der Waals surface area contributed by atoms with Gasteiger partial charge in [0.25, 0.3) is 0 Å². The van der Waals surface area contributed by atoms with Gasteiger partial charge in [-0.25, -0.2) is 4.39 Å². The van der Waals surface area contributed by atoms with E-state index in [0.717, 1.165) is 12.1 Å². The fourth-order valence-corrected chi connectivity index (χ4v) is 3.28. The van der Waals surface area contributed by atoms with Gasteiger partial charge >= 0.3 is 0 Å². The van der Waals surface area contributed by atoms with Crippen molar-refractivity contribution in [2.45, 2.75) is 43.5 Å². The Hall–Kier alpha value is -2.76. The SMILES string of the molecule is O=C(CCc1ccc([18F])cc1)c1c(O)cc(O)cc1O[C@@H]1O[C@H](CO)[C@@H](O)[C@H](O)[C@H]1O. The van der Waals surface area contributed by atoms with Gasteiger partial charge in [0.15, 0.2) is 5.78 Å². The van der Waals surface area contributed by atoms with Crippen LogP contribution in [0, 0.1) is 5.82 Å². The number of aromatic hydroxyl groups is 2. The summed E-state index contributed by atoms with van der Waals surface area (Å²) in [4.78, 5) is 12.8. The zero-order valence-electron chi connectivity index (χ0n) is 16.3. The lowest BCUT2D eigenvalue weighted by molar-refractivity contribution is -0.277. The van der Waals surface area contributed by atoms with Gasteiger partial charge in [-0.2, -0.15) is 0 Å². The number of hydrogen-bond acceptors (Lipinski definition) is 9. The number of Topliss-reactive ketones (excluding diaryl/α,β-unsaturated/α-hetero) is 1. The molecule has 10 heteroatoms. The summed E-state index contributed by atoms with van der Waals surface area (Å²) in [5.41, 5.74) is 0.390. The highest BCUT2D eigenvalue weighted by atomic mass is 18.2. The monoisotopic (exact) mass is 437 g/mol. The number of carbonyl (C=O) groups is 1. The van der Waals surface area contributed by atoms with Crippen molar-refractivity contribution >= 4 is 5.78 Å². The molecule has 0 spiro atoms. The molecule has 31 heavy (non-hydrogen) atoms. The largest absolute Gasteiger partial charge is 0.508 e. The molecule has 1 aliphatic rings. The van der Waals surface area contributed by atoms with Gasteiger partial charge < -0.3 is 40.1 Å². The summed E-state index contributed by atoms with van der Waals surface area (Å²) in [6.45, 7) is -0.681. The van der Waals surface area contributed by atoms with E-state index in [0.29, 0.717) is 5.56 Å². The summed E-state index contributed by atoms with van der Waals surface area (Å²) in [5, 5.41) is 59.2. The first kappa shape index (κ1) is 22.9. The lowest BCUT2D eigenvalue weighted by Gasteiger charge is -2.39. The van der Waals surface area contributed by atoms with Crippen molar-refractivity contribution in [1.82, 2.24) is 0 Å². The van der Waals surface area contributed by atoms with Crippen molar-refractivity contribution in [3.8, 4) is 17.2 Å². The molecule has 2 aromatic rings. The Morgan fingerprint density at radius 2 is 1.71 bits per heavy atom. The van der Waals surface area contributed by atoms with Gasteiger partial charge in [-0.15, -0.1) is 0 Å². The molecule has 0 aromatic heterocycles. The zero-order valence-corrected chi connectivity index (χ0v) is 16.3. The summed E-state index contributed by atoms with van der Waals surface area (Å²) in [6.07, 6.45) is -7.76. The Morgan fingerprint density at radius 3 is 2.35 bits per heavy atom. The third-order valence-electron chi connectivity index (χ3n) is 4.99. The van der Waals surface area contributed by atoms with E-state index in [2.05, 4.69) is 0 Å². The summed E-state index contributed by atoms with van der Waals surface area (Å²) < 4.78 is 23.7. The van der Waals surface area contributed by atoms with Gasteiger partial charge in [0.05, 0.1) is 6.61 Å². The van der Waals surface area contributed by atoms with E-state index in [9.17, 15) is 39.8 Å². The molecular formula is C21H23FO9. The smallest absolute Gasteiger partial charge is 0.229 e. The normalized spacial score (nSPS) is 25.9. The molecule has 0 radical (unpaired) electrons. The van der Waals surface area contributed by atoms with Gasteiger partial charge in [0, 0.05) is 18.6 Å². The molecular weight excluding hydrogens is 414 g/mol. The molecule has 9 nitrogen and oxygen atoms in total. The van der Waals surface area contributed by atoms with Crippen LogP contribution in [0.2, 0.25) is 0 Å². The number of phenolic OH excluding ortho intramolecular Hbond substituents is 2. The molecule has 0 unspecified atom stereocenters. The van der Waals surface area contributed by atoms with Crippen LogP contribution in [-0.4, -0.2) is 73.7 Å². The van der Waals surface area contributed by atoms with Crippen LogP contribution in [0.3, 0.4) is 0 Å². The zero-order chi connectivity index (χ0) is 22.7. The van der Waals surface area contributed by atoms with Crippen molar-refractivity contribution in [3.05, 3.63) is 53.3 Å². The van der Waals surface area contributed by atoms with Crippen LogP contribution in [0.1, 0.15) is 22.3 Å². The highest BCUT2D eigenvalue weighted by Crippen LogP contribution is 2.36. The van der Waals surface area contributed by atoms with Crippen molar-refractivity contribution in [2.24, 2.45) is 0 Å². The molecule has 6 N–H and O–H groups in total. The van der Waals surface area contributed by atoms with E-state index in [1.807, 2.05) is 0 Å². The number of ether oxygens (including phenoxy) is 2. The summed E-state index contributed by atoms with van der Waals surface area (Å²) >= 11 is 0. The van der Waals surface area contributed by atoms with Crippen LogP contribution in [-0.2, 0) is 11.2 Å². The van der Waals surface area contributed by atoms with E-state index in [4.69, 9.17) is 9.47 Å². The van der Waals surface area contributed by atoms with Crippen LogP contribution in [0.25, 0.3) is 0 Å². The quantitative estimate of drug-likeness (QED) is 0.334. The number of rotatable bonds is 7. The molecule has 1 aliphatic heterocycles. The number of aryl methyl sites for hydroxylation is 1. The molecule has 0 saturated carbocycles. The minimum absolute atomic E-state index is 0.0883. The maximum Gasteiger partial charge on any atom is 0.229 e. The third-order valence-corrected chi connectivity index (χ3v) is 4.99. The number of aliphatic hydroxyl groups excluding tert-OH is 4. The summed E-state index contributed by atoms with van der Waals surface area (Å²) in [7, 11) is 0. The van der Waals surface area contributed by atoms with Crippen molar-refractivity contribution in [2.75, 3.05) is 6.61 Å². The Kier molecular flexibility index (Phi) is 7.08. The molecule has 0 aliphatic carbocycles. The second kappa shape index (κ2) is 9.58. The maximum atomic E-state index is 13.0. The molecule has 0 amide bonds. The van der Waals surface area contributed by atoms with Crippen molar-refractivity contribution < 1.29 is 49.3 Å². The van der Waals surface area contributed by atoms with Crippen LogP contribution in [0.15, 0.2) is 36.4 Å². The fourth-order valence-electron chi connectivity index (χ4n) is 3.28. The van der Waals surface area contributed by atoms with E-state index in [1.165, 1.54) is 24.3 Å². The highest BCUT2D eigenvalue weighted by Gasteiger charge is 2.45. The molecule has 0 bridgehead atoms. The Labute approximate surface area is 176 Å². The minimum Gasteiger partial charge on any atom is -0.508 e. The van der Waals surface area contributed by atoms with Crippen molar-refractivity contribution in [1.29, 1.82) is 0 Å². The maximum absolute atomic E-state index is 13.0. The first-order valence-electron chi connectivity index (χ1n) is 9.52. The highest BCUT2D eigenvalue weighted by molar-refractivity contribution is 6.01. The van der Waals surface area contributed by atoms with Gasteiger partial charge in [-0.1, -0.05) is 12.1 Å². The molecule has 5 atom stereocenters. The van der Waals surface area contributed by atoms with E-state index in [-0.39, 0.29) is 24.2 Å². The Bertz CT molecular complexity index is 916. The number of benzene rings is 2. The van der Waals surface area contributed by atoms with Crippen LogP contribution >= 0.6 is 0 Å². The molecule has 1 saturated heterocycles. The Morgan fingerprint density at radius 1 is 1.03 bits per heavy atom. The predicted octanol–water partition coefficient (Wildman–Crippen LogP) is 0.231. The van der Waals surface area contributed by atoms with Crippen molar-refractivity contribution in [3.63, 3.8) is 0 Å². The molecule has 1 heterocycles. The standard InChI is InChI=1S/C21H23FO9/c22-11-4-1-10(2-5-11)3-6-13(25)17-14(26)7-12(24)8-15(17)30-21-20(29)19(28)18(27)16(9-23)31-21/h1-2,4-5,7-8,16,18-21,23-24,26-29H,3,6,9H2/t16-,18-,19+,20-,21-/m1/s1/i22-1. The van der Waals surface area contributed by atoms with Gasteiger partial charge in [0.2, 0.25) is 6.29 Å². The lowest BCUT2D eigenvalue weighted by Crippen LogP contribution is -2.60. The average Bonchev–Trinajstić information content (AvgIpc) is 2.73. The fraction of sp³-hybridized carbons (Fsp3) is 0.381. The first-order chi connectivity index (χ1) is 14.7. The second-order valence-corrected chi connectivity index (χ2v) is 7.20. The van der Waals surface area contributed by atoms with Gasteiger partial charge in [-0.3, -0.25) is 4.79 Å². The van der Waals surface area contributed by atoms with E-state index in [1.54, 1.807) is 0 Å². The van der Waals surface area contributed by atoms with E-state index < -0.39 is 60.4 Å². The van der Waals surface area contributed by atoms with E-state index >= 15 is 0 Å².